The third-order valence-electron chi connectivity index (χ3n) is 2.20. The average Bonchev–Trinajstić information content (AvgIpc) is 2.16. The Morgan fingerprint density at radius 1 is 1.46 bits per heavy atom. The Hall–Kier alpha value is -1.04. The van der Waals surface area contributed by atoms with Gasteiger partial charge in [-0.3, -0.25) is 4.79 Å². The molecule has 0 aromatic carbocycles. The molecule has 0 aromatic heterocycles. The van der Waals surface area contributed by atoms with E-state index in [1.54, 1.807) is 0 Å². The summed E-state index contributed by atoms with van der Waals surface area (Å²) in [5, 5.41) is 11.4. The normalized spacial score (nSPS) is 14.3. The zero-order valence-corrected chi connectivity index (χ0v) is 8.63. The summed E-state index contributed by atoms with van der Waals surface area (Å²) < 4.78 is 0. The van der Waals surface area contributed by atoms with Gasteiger partial charge in [0.15, 0.2) is 0 Å². The fraction of sp³-hybridized carbons (Fsp3) is 0.800. The molecule has 2 atom stereocenters. The highest BCUT2D eigenvalue weighted by molar-refractivity contribution is 5.80. The maximum absolute atomic E-state index is 11.3. The number of carbonyl (C=O) groups excluding carboxylic acids is 1. The van der Waals surface area contributed by atoms with Crippen molar-refractivity contribution in [3.05, 3.63) is 0 Å². The third kappa shape index (κ3) is 4.51. The lowest BCUT2D eigenvalue weighted by molar-refractivity contribution is -0.123. The number of amides is 1. The lowest BCUT2D eigenvalue weighted by Crippen LogP contribution is -2.32. The van der Waals surface area contributed by atoms with Crippen LogP contribution in [-0.4, -0.2) is 12.5 Å². The van der Waals surface area contributed by atoms with Crippen molar-refractivity contribution >= 4 is 5.91 Å². The molecule has 74 valence electrons. The standard InChI is InChI=1S/C10H18N2O/c1-4-8(3)7-12-10(13)9(5-2)6-11/h8-9H,4-5,7H2,1-3H3,(H,12,13). The molecule has 0 aliphatic carbocycles. The topological polar surface area (TPSA) is 52.9 Å². The van der Waals surface area contributed by atoms with Gasteiger partial charge in [-0.15, -0.1) is 0 Å². The minimum atomic E-state index is -0.482. The molecular formula is C10H18N2O. The fourth-order valence-corrected chi connectivity index (χ4v) is 0.878. The third-order valence-corrected chi connectivity index (χ3v) is 2.20. The Morgan fingerprint density at radius 3 is 2.46 bits per heavy atom. The molecule has 0 bridgehead atoms. The maximum atomic E-state index is 11.3. The summed E-state index contributed by atoms with van der Waals surface area (Å²) in [4.78, 5) is 11.3. The molecule has 0 fully saturated rings. The van der Waals surface area contributed by atoms with Gasteiger partial charge in [-0.1, -0.05) is 27.2 Å². The van der Waals surface area contributed by atoms with Crippen LogP contribution in [0.3, 0.4) is 0 Å². The highest BCUT2D eigenvalue weighted by atomic mass is 16.1. The van der Waals surface area contributed by atoms with Crippen molar-refractivity contribution in [1.29, 1.82) is 5.26 Å². The number of hydrogen-bond acceptors (Lipinski definition) is 2. The van der Waals surface area contributed by atoms with Crippen LogP contribution in [0.2, 0.25) is 0 Å². The minimum Gasteiger partial charge on any atom is -0.355 e. The van der Waals surface area contributed by atoms with Crippen molar-refractivity contribution in [1.82, 2.24) is 5.32 Å². The predicted octanol–water partition coefficient (Wildman–Crippen LogP) is 1.70. The second-order valence-corrected chi connectivity index (χ2v) is 3.35. The molecule has 1 N–H and O–H groups in total. The van der Waals surface area contributed by atoms with Gasteiger partial charge in [-0.25, -0.2) is 0 Å². The van der Waals surface area contributed by atoms with Crippen molar-refractivity contribution in [3.8, 4) is 6.07 Å². The Balaban J connectivity index is 3.81. The van der Waals surface area contributed by atoms with Gasteiger partial charge in [-0.2, -0.15) is 5.26 Å². The van der Waals surface area contributed by atoms with E-state index in [0.29, 0.717) is 18.9 Å². The minimum absolute atomic E-state index is 0.134. The summed E-state index contributed by atoms with van der Waals surface area (Å²) in [6, 6.07) is 1.98. The first-order valence-corrected chi connectivity index (χ1v) is 4.82. The quantitative estimate of drug-likeness (QED) is 0.703. The molecule has 0 spiro atoms. The lowest BCUT2D eigenvalue weighted by Gasteiger charge is -2.11. The molecule has 13 heavy (non-hydrogen) atoms. The van der Waals surface area contributed by atoms with E-state index in [0.717, 1.165) is 6.42 Å². The van der Waals surface area contributed by atoms with Gasteiger partial charge >= 0.3 is 0 Å². The van der Waals surface area contributed by atoms with Gasteiger partial charge in [0.25, 0.3) is 0 Å². The molecule has 0 rings (SSSR count). The first kappa shape index (κ1) is 12.0. The van der Waals surface area contributed by atoms with Gasteiger partial charge in [0.2, 0.25) is 5.91 Å². The second-order valence-electron chi connectivity index (χ2n) is 3.35. The van der Waals surface area contributed by atoms with E-state index < -0.39 is 5.92 Å². The molecule has 0 saturated heterocycles. The zero-order valence-electron chi connectivity index (χ0n) is 8.63. The van der Waals surface area contributed by atoms with E-state index in [9.17, 15) is 4.79 Å². The molecule has 0 radical (unpaired) electrons. The summed E-state index contributed by atoms with van der Waals surface area (Å²) in [6.07, 6.45) is 1.63. The van der Waals surface area contributed by atoms with Gasteiger partial charge < -0.3 is 5.32 Å². The Morgan fingerprint density at radius 2 is 2.08 bits per heavy atom. The maximum Gasteiger partial charge on any atom is 0.237 e. The Bertz CT molecular complexity index is 196. The van der Waals surface area contributed by atoms with E-state index in [4.69, 9.17) is 5.26 Å². The van der Waals surface area contributed by atoms with Crippen molar-refractivity contribution < 1.29 is 4.79 Å². The summed E-state index contributed by atoms with van der Waals surface area (Å²) in [6.45, 7) is 6.68. The van der Waals surface area contributed by atoms with Gasteiger partial charge in [0.1, 0.15) is 5.92 Å². The second kappa shape index (κ2) is 6.47. The summed E-state index contributed by atoms with van der Waals surface area (Å²) in [7, 11) is 0. The van der Waals surface area contributed by atoms with Crippen LogP contribution >= 0.6 is 0 Å². The van der Waals surface area contributed by atoms with E-state index in [2.05, 4.69) is 19.2 Å². The van der Waals surface area contributed by atoms with Crippen LogP contribution in [-0.2, 0) is 4.79 Å². The number of nitrogens with zero attached hydrogens (tertiary/aromatic N) is 1. The van der Waals surface area contributed by atoms with Gasteiger partial charge in [0, 0.05) is 6.54 Å². The van der Waals surface area contributed by atoms with Crippen LogP contribution in [0.1, 0.15) is 33.6 Å². The number of nitriles is 1. The Kier molecular flexibility index (Phi) is 5.96. The molecule has 1 amide bonds. The van der Waals surface area contributed by atoms with Crippen LogP contribution in [0.25, 0.3) is 0 Å². The van der Waals surface area contributed by atoms with Crippen LogP contribution in [0.5, 0.6) is 0 Å². The van der Waals surface area contributed by atoms with E-state index in [-0.39, 0.29) is 5.91 Å². The monoisotopic (exact) mass is 182 g/mol. The fourth-order valence-electron chi connectivity index (χ4n) is 0.878. The van der Waals surface area contributed by atoms with Crippen molar-refractivity contribution in [2.24, 2.45) is 11.8 Å². The molecular weight excluding hydrogens is 164 g/mol. The summed E-state index contributed by atoms with van der Waals surface area (Å²) >= 11 is 0. The van der Waals surface area contributed by atoms with Crippen LogP contribution in [0, 0.1) is 23.2 Å². The zero-order chi connectivity index (χ0) is 10.3. The molecule has 3 nitrogen and oxygen atoms in total. The van der Waals surface area contributed by atoms with Crippen molar-refractivity contribution in [3.63, 3.8) is 0 Å². The van der Waals surface area contributed by atoms with Crippen molar-refractivity contribution in [2.75, 3.05) is 6.54 Å². The summed E-state index contributed by atoms with van der Waals surface area (Å²) in [5.41, 5.74) is 0. The highest BCUT2D eigenvalue weighted by Gasteiger charge is 2.14. The molecule has 0 aromatic rings. The number of nitrogens with one attached hydrogen (secondary N) is 1. The SMILES string of the molecule is CCC(C)CNC(=O)C(C#N)CC. The number of rotatable bonds is 5. The van der Waals surface area contributed by atoms with Gasteiger partial charge in [0.05, 0.1) is 6.07 Å². The first-order valence-electron chi connectivity index (χ1n) is 4.82. The van der Waals surface area contributed by atoms with Crippen molar-refractivity contribution in [2.45, 2.75) is 33.6 Å². The first-order chi connectivity index (χ1) is 6.15. The summed E-state index contributed by atoms with van der Waals surface area (Å²) in [5.74, 6) is -0.130. The lowest BCUT2D eigenvalue weighted by atomic mass is 10.1. The van der Waals surface area contributed by atoms with E-state index in [1.807, 2.05) is 13.0 Å². The molecule has 0 heterocycles. The van der Waals surface area contributed by atoms with Crippen LogP contribution < -0.4 is 5.32 Å². The largest absolute Gasteiger partial charge is 0.355 e. The van der Waals surface area contributed by atoms with Crippen LogP contribution in [0.4, 0.5) is 0 Å². The van der Waals surface area contributed by atoms with Gasteiger partial charge in [-0.05, 0) is 12.3 Å². The smallest absolute Gasteiger partial charge is 0.237 e. The van der Waals surface area contributed by atoms with Crippen LogP contribution in [0.15, 0.2) is 0 Å². The van der Waals surface area contributed by atoms with E-state index in [1.165, 1.54) is 0 Å². The van der Waals surface area contributed by atoms with E-state index >= 15 is 0 Å². The number of carbonyl (C=O) groups is 1. The molecule has 0 aliphatic rings. The molecule has 2 unspecified atom stereocenters. The molecule has 0 saturated carbocycles. The molecule has 3 heteroatoms. The number of hydrogen-bond donors (Lipinski definition) is 1. The Labute approximate surface area is 80.1 Å². The average molecular weight is 182 g/mol. The highest BCUT2D eigenvalue weighted by Crippen LogP contribution is 2.02. The predicted molar refractivity (Wildman–Crippen MR) is 51.9 cm³/mol. The molecule has 0 aliphatic heterocycles.